The van der Waals surface area contributed by atoms with E-state index in [0.29, 0.717) is 5.56 Å². The minimum Gasteiger partial charge on any atom is -0.357 e. The topological polar surface area (TPSA) is 71.2 Å². The summed E-state index contributed by atoms with van der Waals surface area (Å²) in [6.07, 6.45) is 1.58. The summed E-state index contributed by atoms with van der Waals surface area (Å²) in [5.41, 5.74) is 5.26. The van der Waals surface area contributed by atoms with Gasteiger partial charge in [-0.2, -0.15) is 13.2 Å². The fraction of sp³-hybridized carbons (Fsp3) is 0.400. The third-order valence-electron chi connectivity index (χ3n) is 4.75. The van der Waals surface area contributed by atoms with Crippen LogP contribution in [0.5, 0.6) is 0 Å². The third-order valence-corrected chi connectivity index (χ3v) is 4.75. The summed E-state index contributed by atoms with van der Waals surface area (Å²) in [4.78, 5) is 19.0. The second-order valence-corrected chi connectivity index (χ2v) is 6.88. The highest BCUT2D eigenvalue weighted by molar-refractivity contribution is 6.04. The van der Waals surface area contributed by atoms with Crippen molar-refractivity contribution < 1.29 is 18.0 Å². The van der Waals surface area contributed by atoms with E-state index in [9.17, 15) is 18.0 Å². The lowest BCUT2D eigenvalue weighted by molar-refractivity contribution is -0.137. The summed E-state index contributed by atoms with van der Waals surface area (Å²) in [5, 5.41) is 2.51. The Morgan fingerprint density at radius 3 is 2.39 bits per heavy atom. The number of benzene rings is 1. The summed E-state index contributed by atoms with van der Waals surface area (Å²) in [6.45, 7) is 1.81. The number of hydrogen-bond acceptors (Lipinski definition) is 4. The number of pyridine rings is 1. The first kappa shape index (κ1) is 20.1. The number of nitrogens with zero attached hydrogens (tertiary/aromatic N) is 2. The Hall–Kier alpha value is -2.61. The zero-order chi connectivity index (χ0) is 20.1. The highest BCUT2D eigenvalue weighted by Crippen LogP contribution is 2.32. The van der Waals surface area contributed by atoms with Gasteiger partial charge in [-0.05, 0) is 48.7 Å². The highest BCUT2D eigenvalue weighted by Gasteiger charge is 2.31. The average molecular weight is 392 g/mol. The van der Waals surface area contributed by atoms with Gasteiger partial charge in [-0.3, -0.25) is 4.79 Å². The Balaban J connectivity index is 1.74. The number of nitrogens with two attached hydrogens (primary N) is 1. The number of hydrogen-bond donors (Lipinski definition) is 2. The van der Waals surface area contributed by atoms with E-state index in [1.165, 1.54) is 25.1 Å². The summed E-state index contributed by atoms with van der Waals surface area (Å²) in [6, 6.07) is 6.73. The molecular formula is C20H23F3N4O. The smallest absolute Gasteiger partial charge is 0.357 e. The molecule has 8 heteroatoms. The van der Waals surface area contributed by atoms with Crippen LogP contribution < -0.4 is 16.0 Å². The van der Waals surface area contributed by atoms with Gasteiger partial charge in [0.05, 0.1) is 11.1 Å². The first-order valence-corrected chi connectivity index (χ1v) is 9.30. The molecule has 150 valence electrons. The lowest BCUT2D eigenvalue weighted by atomic mass is 10.1. The number of aromatic nitrogens is 1. The van der Waals surface area contributed by atoms with E-state index in [0.717, 1.165) is 43.9 Å². The molecule has 2 aromatic rings. The molecule has 0 unspecified atom stereocenters. The van der Waals surface area contributed by atoms with Gasteiger partial charge in [-0.1, -0.05) is 12.8 Å². The van der Waals surface area contributed by atoms with Crippen LogP contribution in [-0.2, 0) is 12.7 Å². The van der Waals surface area contributed by atoms with Crippen LogP contribution in [0.25, 0.3) is 0 Å². The van der Waals surface area contributed by atoms with Gasteiger partial charge in [-0.25, -0.2) is 4.98 Å². The average Bonchev–Trinajstić information content (AvgIpc) is 2.96. The normalized spacial score (nSPS) is 15.2. The lowest BCUT2D eigenvalue weighted by Gasteiger charge is -2.21. The van der Waals surface area contributed by atoms with Crippen molar-refractivity contribution in [1.29, 1.82) is 0 Å². The molecule has 5 nitrogen and oxygen atoms in total. The molecule has 2 heterocycles. The number of halogens is 3. The maximum Gasteiger partial charge on any atom is 0.416 e. The number of carbonyl (C=O) groups is 1. The number of carbonyl (C=O) groups excluding carboxylic acids is 1. The molecule has 1 fully saturated rings. The zero-order valence-corrected chi connectivity index (χ0v) is 15.4. The van der Waals surface area contributed by atoms with Crippen molar-refractivity contribution in [3.8, 4) is 0 Å². The molecule has 1 saturated heterocycles. The molecule has 28 heavy (non-hydrogen) atoms. The van der Waals surface area contributed by atoms with Crippen LogP contribution in [0.15, 0.2) is 36.5 Å². The zero-order valence-electron chi connectivity index (χ0n) is 15.4. The lowest BCUT2D eigenvalue weighted by Crippen LogP contribution is -2.25. The Bertz CT molecular complexity index is 813. The summed E-state index contributed by atoms with van der Waals surface area (Å²) in [7, 11) is 0. The van der Waals surface area contributed by atoms with Gasteiger partial charge in [-0.15, -0.1) is 0 Å². The predicted octanol–water partition coefficient (Wildman–Crippen LogP) is 4.19. The fourth-order valence-corrected chi connectivity index (χ4v) is 3.26. The van der Waals surface area contributed by atoms with Crippen LogP contribution in [-0.4, -0.2) is 24.0 Å². The third kappa shape index (κ3) is 5.01. The van der Waals surface area contributed by atoms with Crippen molar-refractivity contribution in [3.05, 3.63) is 53.2 Å². The van der Waals surface area contributed by atoms with E-state index in [1.807, 2.05) is 0 Å². The molecule has 1 amide bonds. The Morgan fingerprint density at radius 2 is 1.82 bits per heavy atom. The van der Waals surface area contributed by atoms with Crippen LogP contribution in [0.2, 0.25) is 0 Å². The van der Waals surface area contributed by atoms with Gasteiger partial charge in [0.1, 0.15) is 5.82 Å². The van der Waals surface area contributed by atoms with Crippen molar-refractivity contribution in [3.63, 3.8) is 0 Å². The number of anilines is 2. The van der Waals surface area contributed by atoms with Gasteiger partial charge in [0, 0.05) is 31.5 Å². The van der Waals surface area contributed by atoms with Crippen molar-refractivity contribution in [1.82, 2.24) is 4.98 Å². The van der Waals surface area contributed by atoms with Crippen LogP contribution in [0.3, 0.4) is 0 Å². The van der Waals surface area contributed by atoms with E-state index >= 15 is 0 Å². The monoisotopic (exact) mass is 392 g/mol. The highest BCUT2D eigenvalue weighted by atomic mass is 19.4. The Kier molecular flexibility index (Phi) is 6.18. The molecule has 0 aliphatic carbocycles. The summed E-state index contributed by atoms with van der Waals surface area (Å²) < 4.78 is 39.1. The molecule has 1 aromatic heterocycles. The minimum absolute atomic E-state index is 0.0527. The van der Waals surface area contributed by atoms with Crippen LogP contribution in [0.1, 0.15) is 47.2 Å². The molecule has 3 rings (SSSR count). The van der Waals surface area contributed by atoms with E-state index in [-0.39, 0.29) is 17.8 Å². The maximum absolute atomic E-state index is 13.0. The van der Waals surface area contributed by atoms with Crippen LogP contribution in [0.4, 0.5) is 24.7 Å². The Morgan fingerprint density at radius 1 is 1.11 bits per heavy atom. The van der Waals surface area contributed by atoms with Gasteiger partial charge in [0.2, 0.25) is 0 Å². The molecule has 0 radical (unpaired) electrons. The van der Waals surface area contributed by atoms with Crippen molar-refractivity contribution in [2.75, 3.05) is 23.3 Å². The van der Waals surface area contributed by atoms with E-state index < -0.39 is 17.6 Å². The van der Waals surface area contributed by atoms with Crippen LogP contribution >= 0.6 is 0 Å². The van der Waals surface area contributed by atoms with E-state index in [2.05, 4.69) is 15.2 Å². The Labute approximate surface area is 161 Å². The molecule has 0 spiro atoms. The van der Waals surface area contributed by atoms with Gasteiger partial charge < -0.3 is 16.0 Å². The predicted molar refractivity (Wildman–Crippen MR) is 102 cm³/mol. The minimum atomic E-state index is -4.51. The van der Waals surface area contributed by atoms with Crippen molar-refractivity contribution in [2.24, 2.45) is 5.73 Å². The van der Waals surface area contributed by atoms with Gasteiger partial charge in [0.25, 0.3) is 5.91 Å². The molecule has 3 N–H and O–H groups in total. The molecule has 0 bridgehead atoms. The molecule has 1 aliphatic heterocycles. The van der Waals surface area contributed by atoms with Crippen molar-refractivity contribution in [2.45, 2.75) is 38.4 Å². The quantitative estimate of drug-likeness (QED) is 0.818. The molecular weight excluding hydrogens is 369 g/mol. The summed E-state index contributed by atoms with van der Waals surface area (Å²) in [5.74, 6) is 0.292. The number of amides is 1. The second-order valence-electron chi connectivity index (χ2n) is 6.88. The number of rotatable bonds is 4. The fourth-order valence-electron chi connectivity index (χ4n) is 3.26. The SMILES string of the molecule is NCc1cc(NC(=O)c2ccc(N3CCCCCC3)nc2)cc(C(F)(F)F)c1. The standard InChI is InChI=1S/C20H23F3N4O/c21-20(22,23)16-9-14(12-24)10-17(11-16)26-19(28)15-5-6-18(25-13-15)27-7-3-1-2-4-8-27/h5-6,9-11,13H,1-4,7-8,12,24H2,(H,26,28). The first-order valence-electron chi connectivity index (χ1n) is 9.30. The molecule has 0 saturated carbocycles. The van der Waals surface area contributed by atoms with E-state index in [4.69, 9.17) is 5.73 Å². The van der Waals surface area contributed by atoms with Crippen LogP contribution in [0, 0.1) is 0 Å². The second kappa shape index (κ2) is 8.60. The number of nitrogens with one attached hydrogen (secondary N) is 1. The summed E-state index contributed by atoms with van der Waals surface area (Å²) >= 11 is 0. The molecule has 0 atom stereocenters. The van der Waals surface area contributed by atoms with Gasteiger partial charge >= 0.3 is 6.18 Å². The molecule has 1 aromatic carbocycles. The molecule has 1 aliphatic rings. The first-order chi connectivity index (χ1) is 13.4. The van der Waals surface area contributed by atoms with E-state index in [1.54, 1.807) is 12.1 Å². The largest absolute Gasteiger partial charge is 0.416 e. The number of alkyl halides is 3. The maximum atomic E-state index is 13.0. The van der Waals surface area contributed by atoms with Gasteiger partial charge in [0.15, 0.2) is 0 Å². The van der Waals surface area contributed by atoms with Crippen molar-refractivity contribution >= 4 is 17.4 Å².